The molecule has 1 amide bonds. The molecule has 1 aliphatic heterocycles. The lowest BCUT2D eigenvalue weighted by Gasteiger charge is -2.31. The summed E-state index contributed by atoms with van der Waals surface area (Å²) in [6.45, 7) is 0.502. The van der Waals surface area contributed by atoms with E-state index in [0.717, 1.165) is 0 Å². The molecule has 0 radical (unpaired) electrons. The van der Waals surface area contributed by atoms with E-state index in [4.69, 9.17) is 27.7 Å². The summed E-state index contributed by atoms with van der Waals surface area (Å²) in [6, 6.07) is 13.1. The maximum atomic E-state index is 12.9. The van der Waals surface area contributed by atoms with Crippen LogP contribution >= 0.6 is 23.2 Å². The molecule has 1 fully saturated rings. The predicted molar refractivity (Wildman–Crippen MR) is 120 cm³/mol. The summed E-state index contributed by atoms with van der Waals surface area (Å²) in [5, 5.41) is 7.61. The molecule has 4 rings (SSSR count). The van der Waals surface area contributed by atoms with Crippen LogP contribution in [0.15, 0.2) is 57.9 Å². The number of sulfonamides is 1. The number of aromatic nitrogens is 2. The molecule has 1 aliphatic rings. The van der Waals surface area contributed by atoms with Crippen LogP contribution in [0.4, 0.5) is 0 Å². The average Bonchev–Trinajstić information content (AvgIpc) is 3.27. The highest BCUT2D eigenvalue weighted by molar-refractivity contribution is 7.89. The zero-order valence-corrected chi connectivity index (χ0v) is 19.2. The van der Waals surface area contributed by atoms with Crippen LogP contribution in [0.2, 0.25) is 10.0 Å². The molecular weight excluding hydrogens is 475 g/mol. The van der Waals surface area contributed by atoms with Crippen LogP contribution in [-0.2, 0) is 21.4 Å². The summed E-state index contributed by atoms with van der Waals surface area (Å²) in [6.07, 6.45) is 1.18. The first-order chi connectivity index (χ1) is 15.3. The topological polar surface area (TPSA) is 105 Å². The zero-order valence-electron chi connectivity index (χ0n) is 16.9. The first kappa shape index (κ1) is 22.7. The minimum atomic E-state index is -3.70. The van der Waals surface area contributed by atoms with Gasteiger partial charge in [0.2, 0.25) is 27.6 Å². The molecule has 1 saturated heterocycles. The number of halogens is 2. The lowest BCUT2D eigenvalue weighted by atomic mass is 9.99. The molecule has 2 aromatic carbocycles. The van der Waals surface area contributed by atoms with Gasteiger partial charge in [0.25, 0.3) is 0 Å². The van der Waals surface area contributed by atoms with Gasteiger partial charge in [-0.3, -0.25) is 4.79 Å². The number of benzene rings is 2. The smallest absolute Gasteiger partial charge is 0.246 e. The molecule has 11 heteroatoms. The third-order valence-electron chi connectivity index (χ3n) is 5.20. The fraction of sp³-hybridized carbons (Fsp3) is 0.286. The Hall–Kier alpha value is -2.46. The largest absolute Gasteiger partial charge is 0.347 e. The number of rotatable bonds is 6. The Morgan fingerprint density at radius 1 is 1.16 bits per heavy atom. The summed E-state index contributed by atoms with van der Waals surface area (Å²) in [7, 11) is -3.70. The van der Waals surface area contributed by atoms with E-state index in [1.807, 2.05) is 6.07 Å². The molecular formula is C21H20Cl2N4O4S. The average molecular weight is 495 g/mol. The highest BCUT2D eigenvalue weighted by Gasteiger charge is 2.33. The Morgan fingerprint density at radius 2 is 1.91 bits per heavy atom. The van der Waals surface area contributed by atoms with Gasteiger partial charge in [-0.15, -0.1) is 0 Å². The van der Waals surface area contributed by atoms with Gasteiger partial charge in [-0.1, -0.05) is 40.5 Å². The summed E-state index contributed by atoms with van der Waals surface area (Å²) in [5.41, 5.74) is 0.630. The minimum Gasteiger partial charge on any atom is -0.347 e. The van der Waals surface area contributed by atoms with E-state index in [1.165, 1.54) is 28.6 Å². The van der Waals surface area contributed by atoms with Gasteiger partial charge in [0.15, 0.2) is 0 Å². The highest BCUT2D eigenvalue weighted by atomic mass is 35.5. The summed E-state index contributed by atoms with van der Waals surface area (Å²) < 4.78 is 32.4. The SMILES string of the molecule is O=C(NCc1nc(-c2ccccc2Cl)no1)[C@@H]1CCCN(S(=O)(=O)c2ccc(Cl)cc2)C1. The van der Waals surface area contributed by atoms with Gasteiger partial charge >= 0.3 is 0 Å². The van der Waals surface area contributed by atoms with Crippen LogP contribution in [0.5, 0.6) is 0 Å². The molecule has 168 valence electrons. The Labute approximate surface area is 195 Å². The van der Waals surface area contributed by atoms with E-state index >= 15 is 0 Å². The van der Waals surface area contributed by atoms with Crippen LogP contribution in [0.3, 0.4) is 0 Å². The van der Waals surface area contributed by atoms with Gasteiger partial charge in [0.1, 0.15) is 0 Å². The Bertz CT molecular complexity index is 1210. The number of hydrogen-bond acceptors (Lipinski definition) is 6. The second kappa shape index (κ2) is 9.58. The van der Waals surface area contributed by atoms with Crippen LogP contribution in [0.25, 0.3) is 11.4 Å². The highest BCUT2D eigenvalue weighted by Crippen LogP contribution is 2.26. The fourth-order valence-electron chi connectivity index (χ4n) is 3.52. The second-order valence-corrected chi connectivity index (χ2v) is 10.1. The molecule has 8 nitrogen and oxygen atoms in total. The van der Waals surface area contributed by atoms with E-state index < -0.39 is 15.9 Å². The lowest BCUT2D eigenvalue weighted by molar-refractivity contribution is -0.126. The van der Waals surface area contributed by atoms with Crippen molar-refractivity contribution in [1.29, 1.82) is 0 Å². The van der Waals surface area contributed by atoms with E-state index in [-0.39, 0.29) is 29.8 Å². The van der Waals surface area contributed by atoms with E-state index in [0.29, 0.717) is 40.8 Å². The lowest BCUT2D eigenvalue weighted by Crippen LogP contribution is -2.45. The van der Waals surface area contributed by atoms with Gasteiger partial charge in [0, 0.05) is 23.7 Å². The summed E-state index contributed by atoms with van der Waals surface area (Å²) >= 11 is 12.0. The Kier molecular flexibility index (Phi) is 6.80. The van der Waals surface area contributed by atoms with Crippen molar-refractivity contribution in [2.45, 2.75) is 24.3 Å². The van der Waals surface area contributed by atoms with Crippen molar-refractivity contribution in [3.63, 3.8) is 0 Å². The monoisotopic (exact) mass is 494 g/mol. The van der Waals surface area contributed by atoms with Gasteiger partial charge < -0.3 is 9.84 Å². The van der Waals surface area contributed by atoms with Gasteiger partial charge in [-0.2, -0.15) is 9.29 Å². The molecule has 0 aliphatic carbocycles. The van der Waals surface area contributed by atoms with Crippen LogP contribution in [0, 0.1) is 5.92 Å². The first-order valence-electron chi connectivity index (χ1n) is 9.95. The fourth-order valence-corrected chi connectivity index (χ4v) is 5.39. The molecule has 0 unspecified atom stereocenters. The second-order valence-electron chi connectivity index (χ2n) is 7.37. The van der Waals surface area contributed by atoms with Crippen LogP contribution in [-0.4, -0.2) is 41.9 Å². The molecule has 0 bridgehead atoms. The Morgan fingerprint density at radius 3 is 2.66 bits per heavy atom. The number of nitrogens with zero attached hydrogens (tertiary/aromatic N) is 3. The van der Waals surface area contributed by atoms with E-state index in [2.05, 4.69) is 15.5 Å². The van der Waals surface area contributed by atoms with Crippen LogP contribution < -0.4 is 5.32 Å². The third-order valence-corrected chi connectivity index (χ3v) is 7.66. The first-order valence-corrected chi connectivity index (χ1v) is 12.1. The Balaban J connectivity index is 1.38. The molecule has 1 atom stereocenters. The minimum absolute atomic E-state index is 0.0384. The third kappa shape index (κ3) is 4.96. The van der Waals surface area contributed by atoms with Gasteiger partial charge in [-0.25, -0.2) is 8.42 Å². The van der Waals surface area contributed by atoms with Crippen molar-refractivity contribution >= 4 is 39.1 Å². The van der Waals surface area contributed by atoms with Crippen molar-refractivity contribution in [3.8, 4) is 11.4 Å². The van der Waals surface area contributed by atoms with Crippen molar-refractivity contribution in [1.82, 2.24) is 19.8 Å². The molecule has 0 saturated carbocycles. The molecule has 1 aromatic heterocycles. The van der Waals surface area contributed by atoms with Crippen molar-refractivity contribution in [2.75, 3.05) is 13.1 Å². The maximum Gasteiger partial charge on any atom is 0.246 e. The number of nitrogens with one attached hydrogen (secondary N) is 1. The van der Waals surface area contributed by atoms with Gasteiger partial charge in [-0.05, 0) is 49.2 Å². The van der Waals surface area contributed by atoms with E-state index in [9.17, 15) is 13.2 Å². The number of piperidine rings is 1. The standard InChI is InChI=1S/C21H20Cl2N4O4S/c22-15-7-9-16(10-8-15)32(29,30)27-11-3-4-14(13-27)21(28)24-12-19-25-20(26-31-19)17-5-1-2-6-18(17)23/h1-2,5-10,14H,3-4,11-13H2,(H,24,28)/t14-/m1/s1. The molecule has 32 heavy (non-hydrogen) atoms. The number of carbonyl (C=O) groups excluding carboxylic acids is 1. The van der Waals surface area contributed by atoms with Crippen molar-refractivity contribution < 1.29 is 17.7 Å². The zero-order chi connectivity index (χ0) is 22.7. The number of amides is 1. The maximum absolute atomic E-state index is 12.9. The normalized spacial score (nSPS) is 17.2. The molecule has 1 N–H and O–H groups in total. The number of hydrogen-bond donors (Lipinski definition) is 1. The van der Waals surface area contributed by atoms with E-state index in [1.54, 1.807) is 18.2 Å². The van der Waals surface area contributed by atoms with Gasteiger partial charge in [0.05, 0.1) is 22.4 Å². The molecule has 0 spiro atoms. The van der Waals surface area contributed by atoms with Crippen molar-refractivity contribution in [3.05, 3.63) is 64.5 Å². The quantitative estimate of drug-likeness (QED) is 0.559. The number of carbonyl (C=O) groups is 1. The molecule has 3 aromatic rings. The predicted octanol–water partition coefficient (Wildman–Crippen LogP) is 3.76. The van der Waals surface area contributed by atoms with Crippen molar-refractivity contribution in [2.24, 2.45) is 5.92 Å². The molecule has 2 heterocycles. The summed E-state index contributed by atoms with van der Waals surface area (Å²) in [4.78, 5) is 17.1. The van der Waals surface area contributed by atoms with Crippen LogP contribution in [0.1, 0.15) is 18.7 Å². The summed E-state index contributed by atoms with van der Waals surface area (Å²) in [5.74, 6) is -0.178.